The highest BCUT2D eigenvalue weighted by Crippen LogP contribution is 2.53. The number of halogens is 2. The van der Waals surface area contributed by atoms with E-state index in [1.54, 1.807) is 13.0 Å². The predicted molar refractivity (Wildman–Crippen MR) is 121 cm³/mol. The number of ether oxygens (including phenoxy) is 3. The molecule has 0 bridgehead atoms. The molecule has 0 saturated heterocycles. The van der Waals surface area contributed by atoms with E-state index in [2.05, 4.69) is 5.32 Å². The number of anilines is 1. The average molecular weight is 492 g/mol. The molecule has 0 radical (unpaired) electrons. The summed E-state index contributed by atoms with van der Waals surface area (Å²) in [5.74, 6) is -2.34. The van der Waals surface area contributed by atoms with Crippen LogP contribution in [0.1, 0.15) is 34.1 Å². The molecule has 2 N–H and O–H groups in total. The normalized spacial score (nSPS) is 21.4. The van der Waals surface area contributed by atoms with Crippen molar-refractivity contribution in [3.05, 3.63) is 57.2 Å². The summed E-state index contributed by atoms with van der Waals surface area (Å²) in [4.78, 5) is 38.1. The Kier molecular flexibility index (Phi) is 5.76. The molecule has 2 aromatic rings. The molecule has 2 atom stereocenters. The van der Waals surface area contributed by atoms with E-state index in [0.29, 0.717) is 11.4 Å². The van der Waals surface area contributed by atoms with Crippen LogP contribution in [0.2, 0.25) is 10.0 Å². The molecule has 0 fully saturated rings. The Balaban J connectivity index is 1.70. The second kappa shape index (κ2) is 8.28. The lowest BCUT2D eigenvalue weighted by molar-refractivity contribution is -0.129. The smallest absolute Gasteiger partial charge is 0.337 e. The number of nitrogens with one attached hydrogen (secondary N) is 1. The van der Waals surface area contributed by atoms with Gasteiger partial charge in [0.15, 0.2) is 5.75 Å². The number of hydrogen-bond acceptors (Lipinski definition) is 7. The fraction of sp³-hybridized carbons (Fsp3) is 0.261. The van der Waals surface area contributed by atoms with E-state index in [-0.39, 0.29) is 44.8 Å². The zero-order chi connectivity index (χ0) is 24.1. The van der Waals surface area contributed by atoms with Crippen LogP contribution in [0.25, 0.3) is 0 Å². The lowest BCUT2D eigenvalue weighted by atomic mass is 9.74. The number of benzene rings is 2. The number of hydrogen-bond donors (Lipinski definition) is 2. The van der Waals surface area contributed by atoms with Gasteiger partial charge in [0.25, 0.3) is 0 Å². The van der Waals surface area contributed by atoms with E-state index in [1.165, 1.54) is 38.5 Å². The first-order valence-corrected chi connectivity index (χ1v) is 10.6. The number of carboxylic acid groups (broad SMARTS) is 1. The molecule has 0 saturated carbocycles. The number of aromatic carboxylic acids is 1. The summed E-state index contributed by atoms with van der Waals surface area (Å²) in [7, 11) is 2.81. The minimum atomic E-state index is -1.79. The Morgan fingerprint density at radius 2 is 1.88 bits per heavy atom. The summed E-state index contributed by atoms with van der Waals surface area (Å²) < 4.78 is 16.6. The lowest BCUT2D eigenvalue weighted by Gasteiger charge is -2.35. The maximum absolute atomic E-state index is 13.5. The number of rotatable bonds is 5. The Bertz CT molecular complexity index is 1240. The fourth-order valence-corrected chi connectivity index (χ4v) is 4.63. The number of carboxylic acids is 1. The van der Waals surface area contributed by atoms with Crippen LogP contribution in [0.5, 0.6) is 17.2 Å². The number of carbonyl (C=O) groups excluding carboxylic acids is 2. The van der Waals surface area contributed by atoms with Gasteiger partial charge in [-0.05, 0) is 24.6 Å². The largest absolute Gasteiger partial charge is 0.496 e. The molecule has 4 rings (SSSR count). The van der Waals surface area contributed by atoms with Crippen LogP contribution >= 0.6 is 23.2 Å². The van der Waals surface area contributed by atoms with Gasteiger partial charge in [-0.25, -0.2) is 4.79 Å². The van der Waals surface area contributed by atoms with Crippen LogP contribution in [-0.2, 0) is 4.79 Å². The summed E-state index contributed by atoms with van der Waals surface area (Å²) in [6.07, 6.45) is 1.56. The summed E-state index contributed by atoms with van der Waals surface area (Å²) in [5, 5.41) is 12.5. The van der Waals surface area contributed by atoms with Crippen molar-refractivity contribution in [2.45, 2.75) is 18.9 Å². The standard InChI is InChI=1S/C23H19Cl2NO7/c1-10-6-12(26-11-4-5-14(24)13(7-11)22(29)30)8-17(27)23(10)21(28)18-15(31-2)9-16(32-3)19(25)20(18)33-23/h4-5,7-10,26H,6H2,1-3H3,(H,29,30)/t10-,23+/m1/s1. The van der Waals surface area contributed by atoms with Crippen molar-refractivity contribution in [1.82, 2.24) is 0 Å². The van der Waals surface area contributed by atoms with E-state index in [0.717, 1.165) is 0 Å². The second-order valence-electron chi connectivity index (χ2n) is 7.73. The predicted octanol–water partition coefficient (Wildman–Crippen LogP) is 4.63. The second-order valence-corrected chi connectivity index (χ2v) is 8.51. The summed E-state index contributed by atoms with van der Waals surface area (Å²) in [5.41, 5.74) is -0.829. The minimum absolute atomic E-state index is 0.0478. The van der Waals surface area contributed by atoms with Gasteiger partial charge < -0.3 is 24.6 Å². The van der Waals surface area contributed by atoms with Gasteiger partial charge in [0.2, 0.25) is 17.2 Å². The molecule has 2 aliphatic rings. The van der Waals surface area contributed by atoms with Crippen LogP contribution in [-0.4, -0.2) is 42.5 Å². The highest BCUT2D eigenvalue weighted by Gasteiger charge is 2.60. The number of carbonyl (C=O) groups is 3. The molecular formula is C23H19Cl2NO7. The lowest BCUT2D eigenvalue weighted by Crippen LogP contribution is -2.55. The van der Waals surface area contributed by atoms with Crippen molar-refractivity contribution in [3.63, 3.8) is 0 Å². The summed E-state index contributed by atoms with van der Waals surface area (Å²) in [6, 6.07) is 5.89. The maximum Gasteiger partial charge on any atom is 0.337 e. The van der Waals surface area contributed by atoms with Gasteiger partial charge in [0.1, 0.15) is 22.1 Å². The molecule has 0 amide bonds. The molecule has 33 heavy (non-hydrogen) atoms. The van der Waals surface area contributed by atoms with Crippen LogP contribution in [0.4, 0.5) is 5.69 Å². The third-order valence-corrected chi connectivity index (χ3v) is 6.50. The molecule has 10 heteroatoms. The van der Waals surface area contributed by atoms with Crippen LogP contribution in [0.15, 0.2) is 36.0 Å². The molecular weight excluding hydrogens is 473 g/mol. The van der Waals surface area contributed by atoms with Crippen molar-refractivity contribution in [2.24, 2.45) is 5.92 Å². The number of Topliss-reactive ketones (excluding diaryl/α,β-unsaturated/α-hetero) is 1. The van der Waals surface area contributed by atoms with Gasteiger partial charge in [0.05, 0.1) is 24.8 Å². The zero-order valence-corrected chi connectivity index (χ0v) is 19.3. The van der Waals surface area contributed by atoms with Gasteiger partial charge in [0, 0.05) is 29.4 Å². The van der Waals surface area contributed by atoms with Crippen molar-refractivity contribution >= 4 is 46.4 Å². The van der Waals surface area contributed by atoms with Gasteiger partial charge in [-0.3, -0.25) is 9.59 Å². The minimum Gasteiger partial charge on any atom is -0.496 e. The molecule has 1 spiro atoms. The van der Waals surface area contributed by atoms with Crippen LogP contribution in [0, 0.1) is 5.92 Å². The van der Waals surface area contributed by atoms with Crippen molar-refractivity contribution in [1.29, 1.82) is 0 Å². The summed E-state index contributed by atoms with van der Waals surface area (Å²) in [6.45, 7) is 1.72. The number of methoxy groups -OCH3 is 2. The van der Waals surface area contributed by atoms with Gasteiger partial charge in [-0.15, -0.1) is 0 Å². The molecule has 1 heterocycles. The average Bonchev–Trinajstić information content (AvgIpc) is 3.09. The fourth-order valence-electron chi connectivity index (χ4n) is 4.17. The van der Waals surface area contributed by atoms with E-state index < -0.39 is 29.1 Å². The SMILES string of the molecule is COc1cc(OC)c2c(c1Cl)O[C@@]1(C(=O)C=C(Nc3ccc(Cl)c(C(=O)O)c3)C[C@H]1C)C2=O. The van der Waals surface area contributed by atoms with Crippen molar-refractivity contribution in [3.8, 4) is 17.2 Å². The van der Waals surface area contributed by atoms with Crippen molar-refractivity contribution < 1.29 is 33.7 Å². The number of allylic oxidation sites excluding steroid dienone is 1. The highest BCUT2D eigenvalue weighted by molar-refractivity contribution is 6.36. The molecule has 172 valence electrons. The first kappa shape index (κ1) is 22.9. The number of ketones is 2. The molecule has 1 aliphatic heterocycles. The highest BCUT2D eigenvalue weighted by atomic mass is 35.5. The van der Waals surface area contributed by atoms with Gasteiger partial charge in [-0.2, -0.15) is 0 Å². The molecule has 2 aromatic carbocycles. The van der Waals surface area contributed by atoms with Crippen molar-refractivity contribution in [2.75, 3.05) is 19.5 Å². The summed E-state index contributed by atoms with van der Waals surface area (Å²) >= 11 is 12.3. The van der Waals surface area contributed by atoms with E-state index in [1.807, 2.05) is 0 Å². The Morgan fingerprint density at radius 1 is 1.18 bits per heavy atom. The zero-order valence-electron chi connectivity index (χ0n) is 17.8. The Morgan fingerprint density at radius 3 is 2.48 bits per heavy atom. The monoisotopic (exact) mass is 491 g/mol. The molecule has 0 aromatic heterocycles. The van der Waals surface area contributed by atoms with Crippen LogP contribution in [0.3, 0.4) is 0 Å². The van der Waals surface area contributed by atoms with Gasteiger partial charge >= 0.3 is 5.97 Å². The third kappa shape index (κ3) is 3.50. The Hall–Kier alpha value is -3.23. The van der Waals surface area contributed by atoms with Gasteiger partial charge in [-0.1, -0.05) is 30.1 Å². The van der Waals surface area contributed by atoms with E-state index in [4.69, 9.17) is 37.4 Å². The van der Waals surface area contributed by atoms with E-state index >= 15 is 0 Å². The Labute approximate surface area is 199 Å². The third-order valence-electron chi connectivity index (χ3n) is 5.81. The number of fused-ring (bicyclic) bond motifs is 1. The topological polar surface area (TPSA) is 111 Å². The molecule has 1 aliphatic carbocycles. The quantitative estimate of drug-likeness (QED) is 0.582. The molecule has 0 unspecified atom stereocenters. The first-order chi connectivity index (χ1) is 15.6. The van der Waals surface area contributed by atoms with Crippen LogP contribution < -0.4 is 19.5 Å². The van der Waals surface area contributed by atoms with E-state index in [9.17, 15) is 19.5 Å². The molecule has 8 nitrogen and oxygen atoms in total. The first-order valence-electron chi connectivity index (χ1n) is 9.87. The maximum atomic E-state index is 13.5.